The third-order valence-electron chi connectivity index (χ3n) is 2.77. The molecule has 0 fully saturated rings. The van der Waals surface area contributed by atoms with Crippen LogP contribution in [0.2, 0.25) is 0 Å². The standard InChI is InChI=1S/C13H24N4O/c1-4-6-11-12(14-3)16-9-17-13(11)15-8-5-7-10(2)18/h9-10,18H,4-8H2,1-3H3,(H2,14,15,16,17). The molecule has 1 atom stereocenters. The van der Waals surface area contributed by atoms with Crippen LogP contribution in [0.1, 0.15) is 38.7 Å². The van der Waals surface area contributed by atoms with E-state index < -0.39 is 0 Å². The molecule has 18 heavy (non-hydrogen) atoms. The number of nitrogens with one attached hydrogen (secondary N) is 2. The Balaban J connectivity index is 2.63. The van der Waals surface area contributed by atoms with Gasteiger partial charge >= 0.3 is 0 Å². The van der Waals surface area contributed by atoms with Crippen molar-refractivity contribution in [1.29, 1.82) is 0 Å². The van der Waals surface area contributed by atoms with Gasteiger partial charge in [-0.2, -0.15) is 0 Å². The SMILES string of the molecule is CCCc1c(NC)ncnc1NCCCC(C)O. The third-order valence-corrected chi connectivity index (χ3v) is 2.77. The molecule has 1 rings (SSSR count). The highest BCUT2D eigenvalue weighted by Gasteiger charge is 2.09. The van der Waals surface area contributed by atoms with Crippen LogP contribution in [0.4, 0.5) is 11.6 Å². The van der Waals surface area contributed by atoms with E-state index in [1.54, 1.807) is 6.33 Å². The molecule has 0 aliphatic rings. The predicted molar refractivity (Wildman–Crippen MR) is 75.0 cm³/mol. The van der Waals surface area contributed by atoms with E-state index in [4.69, 9.17) is 0 Å². The number of anilines is 2. The summed E-state index contributed by atoms with van der Waals surface area (Å²) in [6.45, 7) is 4.78. The van der Waals surface area contributed by atoms with Crippen molar-refractivity contribution < 1.29 is 5.11 Å². The normalized spacial score (nSPS) is 12.2. The largest absolute Gasteiger partial charge is 0.393 e. The number of nitrogens with zero attached hydrogens (tertiary/aromatic N) is 2. The summed E-state index contributed by atoms with van der Waals surface area (Å²) < 4.78 is 0. The monoisotopic (exact) mass is 252 g/mol. The Hall–Kier alpha value is -1.36. The summed E-state index contributed by atoms with van der Waals surface area (Å²) in [7, 11) is 1.87. The molecule has 5 heteroatoms. The van der Waals surface area contributed by atoms with Gasteiger partial charge in [0.1, 0.15) is 18.0 Å². The third kappa shape index (κ3) is 4.49. The van der Waals surface area contributed by atoms with Gasteiger partial charge in [0.2, 0.25) is 0 Å². The summed E-state index contributed by atoms with van der Waals surface area (Å²) in [6.07, 6.45) is 5.09. The van der Waals surface area contributed by atoms with Crippen LogP contribution >= 0.6 is 0 Å². The fourth-order valence-electron chi connectivity index (χ4n) is 1.87. The van der Waals surface area contributed by atoms with E-state index in [2.05, 4.69) is 27.5 Å². The minimum atomic E-state index is -0.236. The van der Waals surface area contributed by atoms with Crippen LogP contribution in [0.15, 0.2) is 6.33 Å². The molecule has 0 aromatic carbocycles. The van der Waals surface area contributed by atoms with Gasteiger partial charge in [0, 0.05) is 19.2 Å². The maximum atomic E-state index is 9.21. The van der Waals surface area contributed by atoms with Crippen LogP contribution < -0.4 is 10.6 Å². The summed E-state index contributed by atoms with van der Waals surface area (Å²) in [6, 6.07) is 0. The van der Waals surface area contributed by atoms with E-state index in [9.17, 15) is 5.11 Å². The second kappa shape index (κ2) is 7.87. The number of aromatic nitrogens is 2. The Morgan fingerprint density at radius 1 is 1.33 bits per heavy atom. The second-order valence-electron chi connectivity index (χ2n) is 4.47. The molecule has 0 saturated heterocycles. The van der Waals surface area contributed by atoms with Crippen LogP contribution in [-0.2, 0) is 6.42 Å². The minimum absolute atomic E-state index is 0.236. The van der Waals surface area contributed by atoms with Crippen molar-refractivity contribution in [1.82, 2.24) is 9.97 Å². The Labute approximate surface area is 109 Å². The first-order valence-corrected chi connectivity index (χ1v) is 6.62. The number of hydrogen-bond acceptors (Lipinski definition) is 5. The Morgan fingerprint density at radius 2 is 2.06 bits per heavy atom. The number of hydrogen-bond donors (Lipinski definition) is 3. The van der Waals surface area contributed by atoms with Crippen molar-refractivity contribution in [3.63, 3.8) is 0 Å². The average Bonchev–Trinajstić information content (AvgIpc) is 2.36. The molecule has 1 heterocycles. The van der Waals surface area contributed by atoms with Gasteiger partial charge < -0.3 is 15.7 Å². The maximum absolute atomic E-state index is 9.21. The summed E-state index contributed by atoms with van der Waals surface area (Å²) >= 11 is 0. The van der Waals surface area contributed by atoms with Gasteiger partial charge in [0.15, 0.2) is 0 Å². The first kappa shape index (κ1) is 14.7. The zero-order valence-corrected chi connectivity index (χ0v) is 11.5. The molecule has 102 valence electrons. The van der Waals surface area contributed by atoms with Gasteiger partial charge in [0.25, 0.3) is 0 Å². The zero-order chi connectivity index (χ0) is 13.4. The van der Waals surface area contributed by atoms with E-state index >= 15 is 0 Å². The van der Waals surface area contributed by atoms with E-state index in [0.29, 0.717) is 0 Å². The molecule has 0 radical (unpaired) electrons. The fourth-order valence-corrected chi connectivity index (χ4v) is 1.87. The lowest BCUT2D eigenvalue weighted by Gasteiger charge is -2.13. The Morgan fingerprint density at radius 3 is 2.67 bits per heavy atom. The van der Waals surface area contributed by atoms with Gasteiger partial charge in [-0.05, 0) is 26.2 Å². The van der Waals surface area contributed by atoms with Gasteiger partial charge in [-0.25, -0.2) is 9.97 Å². The van der Waals surface area contributed by atoms with Crippen molar-refractivity contribution in [3.8, 4) is 0 Å². The van der Waals surface area contributed by atoms with Gasteiger partial charge in [0.05, 0.1) is 6.10 Å². The second-order valence-corrected chi connectivity index (χ2v) is 4.47. The highest BCUT2D eigenvalue weighted by Crippen LogP contribution is 2.21. The van der Waals surface area contributed by atoms with Gasteiger partial charge in [-0.15, -0.1) is 0 Å². The summed E-state index contributed by atoms with van der Waals surface area (Å²) in [5.74, 6) is 1.80. The highest BCUT2D eigenvalue weighted by molar-refractivity contribution is 5.57. The summed E-state index contributed by atoms with van der Waals surface area (Å²) in [4.78, 5) is 8.53. The number of aliphatic hydroxyl groups excluding tert-OH is 1. The molecule has 1 aromatic rings. The average molecular weight is 252 g/mol. The Kier molecular flexibility index (Phi) is 6.43. The van der Waals surface area contributed by atoms with E-state index in [-0.39, 0.29) is 6.10 Å². The van der Waals surface area contributed by atoms with Crippen LogP contribution in [0.3, 0.4) is 0 Å². The van der Waals surface area contributed by atoms with Crippen LogP contribution in [-0.4, -0.2) is 34.8 Å². The molecular weight excluding hydrogens is 228 g/mol. The van der Waals surface area contributed by atoms with E-state index in [0.717, 1.165) is 49.4 Å². The van der Waals surface area contributed by atoms with Crippen molar-refractivity contribution >= 4 is 11.6 Å². The Bertz CT molecular complexity index is 355. The highest BCUT2D eigenvalue weighted by atomic mass is 16.3. The smallest absolute Gasteiger partial charge is 0.134 e. The van der Waals surface area contributed by atoms with Crippen LogP contribution in [0.5, 0.6) is 0 Å². The van der Waals surface area contributed by atoms with Crippen LogP contribution in [0.25, 0.3) is 0 Å². The van der Waals surface area contributed by atoms with E-state index in [1.807, 2.05) is 14.0 Å². The predicted octanol–water partition coefficient (Wildman–Crippen LogP) is 2.04. The molecule has 3 N–H and O–H groups in total. The van der Waals surface area contributed by atoms with Crippen LogP contribution in [0, 0.1) is 0 Å². The molecule has 0 saturated carbocycles. The lowest BCUT2D eigenvalue weighted by Crippen LogP contribution is -2.11. The first-order valence-electron chi connectivity index (χ1n) is 6.62. The van der Waals surface area contributed by atoms with Crippen molar-refractivity contribution in [2.75, 3.05) is 24.2 Å². The molecule has 1 aromatic heterocycles. The molecule has 0 aliphatic carbocycles. The number of rotatable bonds is 8. The van der Waals surface area contributed by atoms with Crippen molar-refractivity contribution in [2.24, 2.45) is 0 Å². The maximum Gasteiger partial charge on any atom is 0.134 e. The minimum Gasteiger partial charge on any atom is -0.393 e. The molecule has 5 nitrogen and oxygen atoms in total. The molecule has 0 spiro atoms. The fraction of sp³-hybridized carbons (Fsp3) is 0.692. The van der Waals surface area contributed by atoms with Crippen molar-refractivity contribution in [3.05, 3.63) is 11.9 Å². The number of aliphatic hydroxyl groups is 1. The molecule has 0 bridgehead atoms. The zero-order valence-electron chi connectivity index (χ0n) is 11.5. The first-order chi connectivity index (χ1) is 8.69. The lowest BCUT2D eigenvalue weighted by molar-refractivity contribution is 0.183. The molecule has 0 aliphatic heterocycles. The molecule has 0 amide bonds. The van der Waals surface area contributed by atoms with Crippen molar-refractivity contribution in [2.45, 2.75) is 45.6 Å². The summed E-state index contributed by atoms with van der Waals surface area (Å²) in [5.41, 5.74) is 1.14. The topological polar surface area (TPSA) is 70.1 Å². The van der Waals surface area contributed by atoms with Gasteiger partial charge in [-0.1, -0.05) is 13.3 Å². The summed E-state index contributed by atoms with van der Waals surface area (Å²) in [5, 5.41) is 15.6. The molecular formula is C13H24N4O. The molecule has 1 unspecified atom stereocenters. The lowest BCUT2D eigenvalue weighted by atomic mass is 10.1. The van der Waals surface area contributed by atoms with E-state index in [1.165, 1.54) is 0 Å². The van der Waals surface area contributed by atoms with Gasteiger partial charge in [-0.3, -0.25) is 0 Å². The quantitative estimate of drug-likeness (QED) is 0.618.